The van der Waals surface area contributed by atoms with E-state index in [4.69, 9.17) is 9.47 Å². The van der Waals surface area contributed by atoms with E-state index in [1.807, 2.05) is 18.2 Å². The molecule has 1 aromatic heterocycles. The molecule has 5 heteroatoms. The molecule has 3 rings (SSSR count). The number of ether oxygens (including phenoxy) is 2. The first kappa shape index (κ1) is 13.9. The van der Waals surface area contributed by atoms with Gasteiger partial charge in [0.05, 0.1) is 13.7 Å². The third-order valence-corrected chi connectivity index (χ3v) is 3.71. The maximum Gasteiger partial charge on any atom is 0.170 e. The Balaban J connectivity index is 2.07. The molecule has 0 saturated carbocycles. The highest BCUT2D eigenvalue weighted by Gasteiger charge is 2.21. The van der Waals surface area contributed by atoms with Crippen LogP contribution in [0, 0.1) is 0 Å². The fourth-order valence-corrected chi connectivity index (χ4v) is 2.66. The largest absolute Gasteiger partial charge is 0.493 e. The molecular formula is C16H21N3O2. The van der Waals surface area contributed by atoms with Crippen LogP contribution in [-0.2, 0) is 13.0 Å². The Labute approximate surface area is 124 Å². The lowest BCUT2D eigenvalue weighted by Crippen LogP contribution is -2.23. The Morgan fingerprint density at radius 3 is 3.05 bits per heavy atom. The molecule has 0 aliphatic carbocycles. The first-order valence-corrected chi connectivity index (χ1v) is 7.42. The molecule has 2 heterocycles. The molecule has 0 bridgehead atoms. The normalized spacial score (nSPS) is 13.8. The van der Waals surface area contributed by atoms with Gasteiger partial charge in [-0.05, 0) is 18.6 Å². The summed E-state index contributed by atoms with van der Waals surface area (Å²) in [6, 6.07) is 5.94. The highest BCUT2D eigenvalue weighted by atomic mass is 16.5. The number of para-hydroxylation sites is 1. The first-order chi connectivity index (χ1) is 10.3. The summed E-state index contributed by atoms with van der Waals surface area (Å²) < 4.78 is 11.4. The molecule has 2 aromatic rings. The lowest BCUT2D eigenvalue weighted by atomic mass is 10.0. The van der Waals surface area contributed by atoms with Gasteiger partial charge in [0.25, 0.3) is 0 Å². The van der Waals surface area contributed by atoms with E-state index in [0.29, 0.717) is 6.61 Å². The summed E-state index contributed by atoms with van der Waals surface area (Å²) in [5.41, 5.74) is 4.40. The van der Waals surface area contributed by atoms with Crippen LogP contribution in [0.3, 0.4) is 0 Å². The minimum Gasteiger partial charge on any atom is -0.493 e. The van der Waals surface area contributed by atoms with Crippen LogP contribution in [0.15, 0.2) is 18.2 Å². The van der Waals surface area contributed by atoms with E-state index >= 15 is 0 Å². The molecule has 21 heavy (non-hydrogen) atoms. The molecule has 0 fully saturated rings. The molecule has 1 aliphatic rings. The third kappa shape index (κ3) is 2.61. The van der Waals surface area contributed by atoms with Crippen molar-refractivity contribution in [2.24, 2.45) is 0 Å². The average Bonchev–Trinajstić information content (AvgIpc) is 2.96. The van der Waals surface area contributed by atoms with E-state index in [-0.39, 0.29) is 0 Å². The Kier molecular flexibility index (Phi) is 4.10. The molecule has 0 saturated heterocycles. The van der Waals surface area contributed by atoms with Gasteiger partial charge in [-0.1, -0.05) is 13.0 Å². The number of hydrogen-bond donors (Lipinski definition) is 2. The van der Waals surface area contributed by atoms with Gasteiger partial charge in [-0.15, -0.1) is 0 Å². The number of aromatic nitrogens is 2. The van der Waals surface area contributed by atoms with E-state index < -0.39 is 0 Å². The standard InChI is InChI=1S/C16H21N3O2/c1-3-9-21-16-11(5-4-6-14(16)20-2)15-12-10-17-8-7-13(12)18-19-15/h4-6,17H,3,7-10H2,1-2H3,(H,18,19). The van der Waals surface area contributed by atoms with Gasteiger partial charge >= 0.3 is 0 Å². The number of nitrogens with one attached hydrogen (secondary N) is 2. The molecule has 5 nitrogen and oxygen atoms in total. The van der Waals surface area contributed by atoms with Crippen molar-refractivity contribution in [3.8, 4) is 22.8 Å². The van der Waals surface area contributed by atoms with Gasteiger partial charge in [0.1, 0.15) is 5.69 Å². The number of aromatic amines is 1. The van der Waals surface area contributed by atoms with Crippen molar-refractivity contribution in [3.05, 3.63) is 29.5 Å². The predicted octanol–water partition coefficient (Wildman–Crippen LogP) is 2.52. The van der Waals surface area contributed by atoms with E-state index in [1.54, 1.807) is 7.11 Å². The van der Waals surface area contributed by atoms with E-state index in [9.17, 15) is 0 Å². The topological polar surface area (TPSA) is 59.2 Å². The van der Waals surface area contributed by atoms with Gasteiger partial charge < -0.3 is 14.8 Å². The quantitative estimate of drug-likeness (QED) is 0.887. The Hall–Kier alpha value is -2.01. The van der Waals surface area contributed by atoms with Gasteiger partial charge in [-0.25, -0.2) is 0 Å². The second-order valence-electron chi connectivity index (χ2n) is 5.14. The summed E-state index contributed by atoms with van der Waals surface area (Å²) >= 11 is 0. The summed E-state index contributed by atoms with van der Waals surface area (Å²) in [6.07, 6.45) is 1.94. The van der Waals surface area contributed by atoms with Gasteiger partial charge in [0, 0.05) is 36.3 Å². The van der Waals surface area contributed by atoms with Crippen molar-refractivity contribution < 1.29 is 9.47 Å². The van der Waals surface area contributed by atoms with Gasteiger partial charge in [-0.2, -0.15) is 5.10 Å². The molecule has 0 amide bonds. The highest BCUT2D eigenvalue weighted by Crippen LogP contribution is 2.39. The SMILES string of the molecule is CCCOc1c(OC)cccc1-c1n[nH]c2c1CNCC2. The van der Waals surface area contributed by atoms with Crippen molar-refractivity contribution in [2.75, 3.05) is 20.3 Å². The number of H-pyrrole nitrogens is 1. The third-order valence-electron chi connectivity index (χ3n) is 3.71. The van der Waals surface area contributed by atoms with Crippen molar-refractivity contribution in [1.29, 1.82) is 0 Å². The minimum atomic E-state index is 0.665. The minimum absolute atomic E-state index is 0.665. The maximum absolute atomic E-state index is 5.92. The molecule has 112 valence electrons. The van der Waals surface area contributed by atoms with Crippen LogP contribution in [0.25, 0.3) is 11.3 Å². The van der Waals surface area contributed by atoms with Crippen molar-refractivity contribution in [2.45, 2.75) is 26.3 Å². The van der Waals surface area contributed by atoms with Gasteiger partial charge in [-0.3, -0.25) is 5.10 Å². The van der Waals surface area contributed by atoms with Gasteiger partial charge in [0.15, 0.2) is 11.5 Å². The fraction of sp³-hybridized carbons (Fsp3) is 0.438. The number of fused-ring (bicyclic) bond motifs is 1. The molecule has 2 N–H and O–H groups in total. The summed E-state index contributed by atoms with van der Waals surface area (Å²) in [7, 11) is 1.67. The highest BCUT2D eigenvalue weighted by molar-refractivity contribution is 5.74. The van der Waals surface area contributed by atoms with Crippen LogP contribution >= 0.6 is 0 Å². The van der Waals surface area contributed by atoms with Crippen molar-refractivity contribution in [3.63, 3.8) is 0 Å². The van der Waals surface area contributed by atoms with Crippen molar-refractivity contribution >= 4 is 0 Å². The Morgan fingerprint density at radius 2 is 2.24 bits per heavy atom. The Bertz CT molecular complexity index is 622. The zero-order valence-corrected chi connectivity index (χ0v) is 12.5. The van der Waals surface area contributed by atoms with E-state index in [1.165, 1.54) is 11.3 Å². The summed E-state index contributed by atoms with van der Waals surface area (Å²) in [6.45, 7) is 4.59. The molecule has 1 aromatic carbocycles. The van der Waals surface area contributed by atoms with Crippen LogP contribution < -0.4 is 14.8 Å². The number of hydrogen-bond acceptors (Lipinski definition) is 4. The zero-order chi connectivity index (χ0) is 14.7. The lowest BCUT2D eigenvalue weighted by Gasteiger charge is -2.16. The summed E-state index contributed by atoms with van der Waals surface area (Å²) in [5, 5.41) is 11.1. The first-order valence-electron chi connectivity index (χ1n) is 7.42. The maximum atomic E-state index is 5.92. The zero-order valence-electron chi connectivity index (χ0n) is 12.5. The number of benzene rings is 1. The molecule has 1 aliphatic heterocycles. The molecule has 0 unspecified atom stereocenters. The van der Waals surface area contributed by atoms with Crippen LogP contribution in [0.5, 0.6) is 11.5 Å². The van der Waals surface area contributed by atoms with Crippen LogP contribution in [0.4, 0.5) is 0 Å². The second kappa shape index (κ2) is 6.18. The number of rotatable bonds is 5. The number of nitrogens with zero attached hydrogens (tertiary/aromatic N) is 1. The van der Waals surface area contributed by atoms with Crippen molar-refractivity contribution in [1.82, 2.24) is 15.5 Å². The van der Waals surface area contributed by atoms with Crippen LogP contribution in [-0.4, -0.2) is 30.5 Å². The average molecular weight is 287 g/mol. The van der Waals surface area contributed by atoms with Gasteiger partial charge in [0.2, 0.25) is 0 Å². The van der Waals surface area contributed by atoms with Crippen LogP contribution in [0.2, 0.25) is 0 Å². The van der Waals surface area contributed by atoms with E-state index in [2.05, 4.69) is 22.4 Å². The monoisotopic (exact) mass is 287 g/mol. The molecule has 0 atom stereocenters. The lowest BCUT2D eigenvalue weighted by molar-refractivity contribution is 0.295. The number of methoxy groups -OCH3 is 1. The molecular weight excluding hydrogens is 266 g/mol. The van der Waals surface area contributed by atoms with E-state index in [0.717, 1.165) is 48.7 Å². The smallest absolute Gasteiger partial charge is 0.170 e. The summed E-state index contributed by atoms with van der Waals surface area (Å²) in [4.78, 5) is 0. The fourth-order valence-electron chi connectivity index (χ4n) is 2.66. The second-order valence-corrected chi connectivity index (χ2v) is 5.14. The molecule has 0 radical (unpaired) electrons. The summed E-state index contributed by atoms with van der Waals surface area (Å²) in [5.74, 6) is 1.53. The predicted molar refractivity (Wildman–Crippen MR) is 81.8 cm³/mol. The molecule has 0 spiro atoms. The Morgan fingerprint density at radius 1 is 1.33 bits per heavy atom. The van der Waals surface area contributed by atoms with Crippen LogP contribution in [0.1, 0.15) is 24.6 Å².